The maximum atomic E-state index is 10.6. The van der Waals surface area contributed by atoms with Crippen LogP contribution in [0.15, 0.2) is 29.8 Å². The molecule has 0 bridgehead atoms. The highest BCUT2D eigenvalue weighted by molar-refractivity contribution is 5.42. The van der Waals surface area contributed by atoms with Gasteiger partial charge in [0.15, 0.2) is 0 Å². The highest BCUT2D eigenvalue weighted by Crippen LogP contribution is 2.62. The first-order chi connectivity index (χ1) is 10.5. The molecular formula is C20H26O2. The molecule has 1 fully saturated rings. The summed E-state index contributed by atoms with van der Waals surface area (Å²) in [7, 11) is 0. The molecule has 3 aliphatic carbocycles. The Labute approximate surface area is 132 Å². The van der Waals surface area contributed by atoms with Crippen molar-refractivity contribution in [2.75, 3.05) is 0 Å². The largest absolute Gasteiger partial charge is 0.508 e. The lowest BCUT2D eigenvalue weighted by atomic mass is 9.54. The maximum Gasteiger partial charge on any atom is 0.115 e. The van der Waals surface area contributed by atoms with E-state index in [9.17, 15) is 10.2 Å². The van der Waals surface area contributed by atoms with Gasteiger partial charge in [0, 0.05) is 0 Å². The molecule has 2 N–H and O–H groups in total. The SMILES string of the molecule is CCC1=CC[C@H]2[C@@H]3CC(O)c4cc(O)ccc4[C@H]3CC[C@]12C. The Hall–Kier alpha value is -1.28. The molecule has 2 heteroatoms. The highest BCUT2D eigenvalue weighted by Gasteiger charge is 2.52. The summed E-state index contributed by atoms with van der Waals surface area (Å²) < 4.78 is 0. The quantitative estimate of drug-likeness (QED) is 0.739. The summed E-state index contributed by atoms with van der Waals surface area (Å²) in [6.45, 7) is 4.73. The Bertz CT molecular complexity index is 633. The van der Waals surface area contributed by atoms with Gasteiger partial charge in [-0.3, -0.25) is 0 Å². The number of rotatable bonds is 1. The number of aromatic hydroxyl groups is 1. The lowest BCUT2D eigenvalue weighted by Gasteiger charge is -2.51. The highest BCUT2D eigenvalue weighted by atomic mass is 16.3. The monoisotopic (exact) mass is 298 g/mol. The van der Waals surface area contributed by atoms with Gasteiger partial charge in [0.1, 0.15) is 5.75 Å². The zero-order valence-electron chi connectivity index (χ0n) is 13.5. The van der Waals surface area contributed by atoms with Crippen molar-refractivity contribution >= 4 is 0 Å². The van der Waals surface area contributed by atoms with E-state index < -0.39 is 6.10 Å². The summed E-state index contributed by atoms with van der Waals surface area (Å²) in [6.07, 6.45) is 7.72. The van der Waals surface area contributed by atoms with Gasteiger partial charge in [-0.25, -0.2) is 0 Å². The molecule has 0 radical (unpaired) electrons. The summed E-state index contributed by atoms with van der Waals surface area (Å²) >= 11 is 0. The molecule has 5 atom stereocenters. The third-order valence-corrected chi connectivity index (χ3v) is 6.88. The Morgan fingerprint density at radius 1 is 1.27 bits per heavy atom. The fraction of sp³-hybridized carbons (Fsp3) is 0.600. The molecule has 0 amide bonds. The molecule has 22 heavy (non-hydrogen) atoms. The van der Waals surface area contributed by atoms with Crippen LogP contribution in [-0.4, -0.2) is 10.2 Å². The van der Waals surface area contributed by atoms with Crippen LogP contribution < -0.4 is 0 Å². The van der Waals surface area contributed by atoms with E-state index in [0.717, 1.165) is 18.4 Å². The van der Waals surface area contributed by atoms with Gasteiger partial charge >= 0.3 is 0 Å². The number of phenols is 1. The van der Waals surface area contributed by atoms with Crippen molar-refractivity contribution in [1.82, 2.24) is 0 Å². The minimum absolute atomic E-state index is 0.271. The Kier molecular flexibility index (Phi) is 3.16. The molecule has 0 saturated heterocycles. The van der Waals surface area contributed by atoms with Crippen LogP contribution in [-0.2, 0) is 0 Å². The number of fused-ring (bicyclic) bond motifs is 5. The average molecular weight is 298 g/mol. The van der Waals surface area contributed by atoms with Gasteiger partial charge in [0.05, 0.1) is 6.10 Å². The summed E-state index contributed by atoms with van der Waals surface area (Å²) in [6, 6.07) is 5.61. The first-order valence-corrected chi connectivity index (χ1v) is 8.75. The predicted molar refractivity (Wildman–Crippen MR) is 87.7 cm³/mol. The van der Waals surface area contributed by atoms with Gasteiger partial charge in [-0.1, -0.05) is 31.6 Å². The summed E-state index contributed by atoms with van der Waals surface area (Å²) in [5.41, 5.74) is 4.24. The van der Waals surface area contributed by atoms with Crippen LogP contribution in [0.3, 0.4) is 0 Å². The Morgan fingerprint density at radius 2 is 2.09 bits per heavy atom. The van der Waals surface area contributed by atoms with Crippen LogP contribution in [0.2, 0.25) is 0 Å². The molecule has 4 rings (SSSR count). The summed E-state index contributed by atoms with van der Waals surface area (Å²) in [5, 5.41) is 20.4. The molecule has 0 heterocycles. The zero-order chi connectivity index (χ0) is 15.5. The smallest absolute Gasteiger partial charge is 0.115 e. The Morgan fingerprint density at radius 3 is 2.86 bits per heavy atom. The van der Waals surface area contributed by atoms with E-state index in [1.807, 2.05) is 0 Å². The van der Waals surface area contributed by atoms with Crippen molar-refractivity contribution < 1.29 is 10.2 Å². The van der Waals surface area contributed by atoms with Crippen molar-refractivity contribution in [2.24, 2.45) is 17.3 Å². The second-order valence-corrected chi connectivity index (χ2v) is 7.72. The molecule has 0 aromatic heterocycles. The lowest BCUT2D eigenvalue weighted by Crippen LogP contribution is -2.41. The van der Waals surface area contributed by atoms with Gasteiger partial charge in [-0.05, 0) is 78.5 Å². The number of aliphatic hydroxyl groups is 1. The number of benzene rings is 1. The van der Waals surface area contributed by atoms with E-state index in [-0.39, 0.29) is 5.75 Å². The van der Waals surface area contributed by atoms with E-state index in [4.69, 9.17) is 0 Å². The average Bonchev–Trinajstić information content (AvgIpc) is 2.84. The van der Waals surface area contributed by atoms with Crippen LogP contribution in [0.5, 0.6) is 5.75 Å². The predicted octanol–water partition coefficient (Wildman–Crippen LogP) is 4.69. The Balaban J connectivity index is 1.73. The van der Waals surface area contributed by atoms with Crippen LogP contribution in [0.25, 0.3) is 0 Å². The molecule has 1 unspecified atom stereocenters. The van der Waals surface area contributed by atoms with Crippen LogP contribution >= 0.6 is 0 Å². The van der Waals surface area contributed by atoms with Crippen molar-refractivity contribution in [3.8, 4) is 5.75 Å². The maximum absolute atomic E-state index is 10.6. The van der Waals surface area contributed by atoms with Gasteiger partial charge < -0.3 is 10.2 Å². The third kappa shape index (κ3) is 1.83. The van der Waals surface area contributed by atoms with Gasteiger partial charge in [0.25, 0.3) is 0 Å². The number of phenolic OH excluding ortho intramolecular Hbond substituents is 1. The van der Waals surface area contributed by atoms with E-state index in [0.29, 0.717) is 23.2 Å². The fourth-order valence-electron chi connectivity index (χ4n) is 5.78. The summed E-state index contributed by atoms with van der Waals surface area (Å²) in [4.78, 5) is 0. The topological polar surface area (TPSA) is 40.5 Å². The van der Waals surface area contributed by atoms with Crippen molar-refractivity contribution in [2.45, 2.75) is 58.0 Å². The standard InChI is InChI=1S/C20H26O2/c1-3-12-4-7-18-16-11-19(22)17-10-13(21)5-6-14(17)15(16)8-9-20(12,18)2/h4-6,10,15-16,18-19,21-22H,3,7-9,11H2,1-2H3/t15-,16-,18+,19?,20-/m1/s1. The molecular weight excluding hydrogens is 272 g/mol. The van der Waals surface area contributed by atoms with Gasteiger partial charge in [0.2, 0.25) is 0 Å². The van der Waals surface area contributed by atoms with Gasteiger partial charge in [-0.15, -0.1) is 0 Å². The fourth-order valence-corrected chi connectivity index (χ4v) is 5.78. The number of aliphatic hydroxyl groups excluding tert-OH is 1. The van der Waals surface area contributed by atoms with Crippen molar-refractivity contribution in [1.29, 1.82) is 0 Å². The molecule has 0 aliphatic heterocycles. The minimum Gasteiger partial charge on any atom is -0.508 e. The molecule has 1 saturated carbocycles. The zero-order valence-corrected chi connectivity index (χ0v) is 13.5. The second kappa shape index (κ2) is 4.86. The van der Waals surface area contributed by atoms with Gasteiger partial charge in [-0.2, -0.15) is 0 Å². The normalized spacial score (nSPS) is 39.7. The first kappa shape index (κ1) is 14.3. The van der Waals surface area contributed by atoms with Crippen molar-refractivity contribution in [3.63, 3.8) is 0 Å². The second-order valence-electron chi connectivity index (χ2n) is 7.72. The number of hydrogen-bond acceptors (Lipinski definition) is 2. The lowest BCUT2D eigenvalue weighted by molar-refractivity contribution is 0.0261. The minimum atomic E-state index is -0.420. The molecule has 3 aliphatic rings. The number of allylic oxidation sites excluding steroid dienone is 2. The molecule has 1 aromatic carbocycles. The molecule has 2 nitrogen and oxygen atoms in total. The number of hydrogen-bond donors (Lipinski definition) is 2. The van der Waals surface area contributed by atoms with Crippen molar-refractivity contribution in [3.05, 3.63) is 41.0 Å². The molecule has 1 aromatic rings. The van der Waals surface area contributed by atoms with E-state index in [2.05, 4.69) is 26.0 Å². The third-order valence-electron chi connectivity index (χ3n) is 6.88. The van der Waals surface area contributed by atoms with E-state index in [1.165, 1.54) is 24.8 Å². The van der Waals surface area contributed by atoms with Crippen LogP contribution in [0.4, 0.5) is 0 Å². The molecule has 0 spiro atoms. The van der Waals surface area contributed by atoms with Crippen LogP contribution in [0.1, 0.15) is 69.1 Å². The van der Waals surface area contributed by atoms with E-state index in [1.54, 1.807) is 17.7 Å². The van der Waals surface area contributed by atoms with E-state index >= 15 is 0 Å². The van der Waals surface area contributed by atoms with Crippen LogP contribution in [0, 0.1) is 17.3 Å². The summed E-state index contributed by atoms with van der Waals surface area (Å²) in [5.74, 6) is 2.08. The first-order valence-electron chi connectivity index (χ1n) is 8.75. The molecule has 118 valence electrons.